The third kappa shape index (κ3) is 2.34. The van der Waals surface area contributed by atoms with Gasteiger partial charge < -0.3 is 15.2 Å². The van der Waals surface area contributed by atoms with Crippen molar-refractivity contribution >= 4 is 6.03 Å². The van der Waals surface area contributed by atoms with E-state index in [2.05, 4.69) is 10.1 Å². The van der Waals surface area contributed by atoms with Gasteiger partial charge in [-0.15, -0.1) is 0 Å². The first-order valence-electron chi connectivity index (χ1n) is 6.79. The molecule has 0 atom stereocenters. The Morgan fingerprint density at radius 2 is 1.95 bits per heavy atom. The number of alkyl halides is 3. The molecule has 0 bridgehead atoms. The van der Waals surface area contributed by atoms with Crippen LogP contribution in [-0.2, 0) is 5.41 Å². The maximum absolute atomic E-state index is 13.0. The summed E-state index contributed by atoms with van der Waals surface area (Å²) >= 11 is 0. The minimum absolute atomic E-state index is 0.00173. The van der Waals surface area contributed by atoms with E-state index in [1.54, 1.807) is 0 Å². The number of aromatic nitrogens is 2. The summed E-state index contributed by atoms with van der Waals surface area (Å²) in [6, 6.07) is -0.490. The first-order valence-corrected chi connectivity index (χ1v) is 6.79. The van der Waals surface area contributed by atoms with Crippen LogP contribution in [0.4, 0.5) is 18.0 Å². The molecule has 2 fully saturated rings. The summed E-state index contributed by atoms with van der Waals surface area (Å²) in [5.41, 5.74) is 3.24. The van der Waals surface area contributed by atoms with E-state index in [1.165, 1.54) is 4.90 Å². The SMILES string of the molecule is NC(=O)N1CCC(c2noc(C3(C(F)(F)F)CC3)n2)CC1. The minimum atomic E-state index is -4.36. The zero-order chi connectivity index (χ0) is 15.3. The molecule has 0 radical (unpaired) electrons. The predicted octanol–water partition coefficient (Wildman–Crippen LogP) is 1.92. The molecule has 6 nitrogen and oxygen atoms in total. The number of hydrogen-bond donors (Lipinski definition) is 1. The molecule has 21 heavy (non-hydrogen) atoms. The number of urea groups is 1. The Morgan fingerprint density at radius 1 is 1.33 bits per heavy atom. The summed E-state index contributed by atoms with van der Waals surface area (Å²) in [6.07, 6.45) is -3.22. The lowest BCUT2D eigenvalue weighted by Crippen LogP contribution is -2.41. The van der Waals surface area contributed by atoms with Gasteiger partial charge in [0.15, 0.2) is 5.82 Å². The van der Waals surface area contributed by atoms with E-state index in [0.717, 1.165) is 0 Å². The summed E-state index contributed by atoms with van der Waals surface area (Å²) in [6.45, 7) is 0.905. The van der Waals surface area contributed by atoms with Crippen LogP contribution in [0.1, 0.15) is 43.3 Å². The van der Waals surface area contributed by atoms with Crippen LogP contribution in [0.15, 0.2) is 4.52 Å². The van der Waals surface area contributed by atoms with E-state index in [4.69, 9.17) is 10.3 Å². The molecule has 2 N–H and O–H groups in total. The monoisotopic (exact) mass is 304 g/mol. The molecule has 2 aliphatic rings. The van der Waals surface area contributed by atoms with E-state index in [0.29, 0.717) is 31.8 Å². The summed E-state index contributed by atoms with van der Waals surface area (Å²) in [7, 11) is 0. The molecule has 3 rings (SSSR count). The Kier molecular flexibility index (Phi) is 3.10. The Labute approximate surface area is 118 Å². The van der Waals surface area contributed by atoms with Crippen molar-refractivity contribution in [1.29, 1.82) is 0 Å². The van der Waals surface area contributed by atoms with Gasteiger partial charge in [-0.25, -0.2) is 4.79 Å². The van der Waals surface area contributed by atoms with Crippen molar-refractivity contribution in [3.63, 3.8) is 0 Å². The number of primary amides is 1. The number of rotatable bonds is 2. The summed E-state index contributed by atoms with van der Waals surface area (Å²) in [5.74, 6) is -0.130. The number of carbonyl (C=O) groups excluding carboxylic acids is 1. The fourth-order valence-corrected chi connectivity index (χ4v) is 2.70. The van der Waals surface area contributed by atoms with Crippen molar-refractivity contribution in [2.75, 3.05) is 13.1 Å². The van der Waals surface area contributed by atoms with Crippen molar-refractivity contribution in [3.05, 3.63) is 11.7 Å². The molecule has 1 aromatic heterocycles. The topological polar surface area (TPSA) is 85.3 Å². The van der Waals surface area contributed by atoms with Gasteiger partial charge in [-0.3, -0.25) is 0 Å². The van der Waals surface area contributed by atoms with Crippen LogP contribution in [0.2, 0.25) is 0 Å². The van der Waals surface area contributed by atoms with E-state index >= 15 is 0 Å². The molecular formula is C12H15F3N4O2. The van der Waals surface area contributed by atoms with Crippen LogP contribution < -0.4 is 5.73 Å². The molecule has 1 saturated heterocycles. The van der Waals surface area contributed by atoms with Gasteiger partial charge in [0.25, 0.3) is 0 Å². The van der Waals surface area contributed by atoms with Crippen LogP contribution in [0.5, 0.6) is 0 Å². The summed E-state index contributed by atoms with van der Waals surface area (Å²) in [4.78, 5) is 16.5. The Bertz CT molecular complexity index is 545. The molecular weight excluding hydrogens is 289 g/mol. The molecule has 0 aromatic carbocycles. The smallest absolute Gasteiger partial charge is 0.351 e. The standard InChI is InChI=1S/C12H15F3N4O2/c13-12(14,15)11(3-4-11)9-17-8(18-21-9)7-1-5-19(6-2-7)10(16)20/h7H,1-6H2,(H2,16,20). The largest absolute Gasteiger partial charge is 0.403 e. The lowest BCUT2D eigenvalue weighted by molar-refractivity contribution is -0.166. The van der Waals surface area contributed by atoms with Gasteiger partial charge in [0.2, 0.25) is 5.89 Å². The fraction of sp³-hybridized carbons (Fsp3) is 0.750. The number of hydrogen-bond acceptors (Lipinski definition) is 4. The molecule has 2 heterocycles. The van der Waals surface area contributed by atoms with Crippen LogP contribution in [0, 0.1) is 0 Å². The number of halogens is 3. The first-order chi connectivity index (χ1) is 9.83. The zero-order valence-corrected chi connectivity index (χ0v) is 11.2. The third-order valence-corrected chi connectivity index (χ3v) is 4.32. The normalized spacial score (nSPS) is 22.3. The maximum Gasteiger partial charge on any atom is 0.403 e. The van der Waals surface area contributed by atoms with Gasteiger partial charge in [0, 0.05) is 19.0 Å². The molecule has 1 saturated carbocycles. The van der Waals surface area contributed by atoms with Crippen molar-refractivity contribution in [3.8, 4) is 0 Å². The van der Waals surface area contributed by atoms with Crippen LogP contribution in [0.3, 0.4) is 0 Å². The molecule has 1 aromatic rings. The average Bonchev–Trinajstić information content (AvgIpc) is 3.11. The van der Waals surface area contributed by atoms with Crippen molar-refractivity contribution in [2.45, 2.75) is 43.2 Å². The van der Waals surface area contributed by atoms with Crippen LogP contribution >= 0.6 is 0 Å². The van der Waals surface area contributed by atoms with Gasteiger partial charge in [0.1, 0.15) is 5.41 Å². The fourth-order valence-electron chi connectivity index (χ4n) is 2.70. The third-order valence-electron chi connectivity index (χ3n) is 4.32. The number of carbonyl (C=O) groups is 1. The highest BCUT2D eigenvalue weighted by atomic mass is 19.4. The molecule has 0 unspecified atom stereocenters. The Hall–Kier alpha value is -1.80. The lowest BCUT2D eigenvalue weighted by Gasteiger charge is -2.29. The van der Waals surface area contributed by atoms with Gasteiger partial charge in [-0.2, -0.15) is 18.2 Å². The van der Waals surface area contributed by atoms with Gasteiger partial charge in [-0.1, -0.05) is 5.16 Å². The van der Waals surface area contributed by atoms with E-state index in [1.807, 2.05) is 0 Å². The van der Waals surface area contributed by atoms with Crippen molar-refractivity contribution in [1.82, 2.24) is 15.0 Å². The van der Waals surface area contributed by atoms with E-state index in [9.17, 15) is 18.0 Å². The van der Waals surface area contributed by atoms with E-state index in [-0.39, 0.29) is 24.7 Å². The highest BCUT2D eigenvalue weighted by molar-refractivity contribution is 5.72. The summed E-state index contributed by atoms with van der Waals surface area (Å²) < 4.78 is 43.8. The number of amides is 2. The van der Waals surface area contributed by atoms with Gasteiger partial charge >= 0.3 is 12.2 Å². The predicted molar refractivity (Wildman–Crippen MR) is 64.4 cm³/mol. The molecule has 116 valence electrons. The molecule has 0 spiro atoms. The quantitative estimate of drug-likeness (QED) is 0.904. The summed E-state index contributed by atoms with van der Waals surface area (Å²) in [5, 5.41) is 3.71. The van der Waals surface area contributed by atoms with Crippen molar-refractivity contribution < 1.29 is 22.5 Å². The van der Waals surface area contributed by atoms with Gasteiger partial charge in [-0.05, 0) is 25.7 Å². The van der Waals surface area contributed by atoms with Gasteiger partial charge in [0.05, 0.1) is 0 Å². The highest BCUT2D eigenvalue weighted by Crippen LogP contribution is 2.58. The lowest BCUT2D eigenvalue weighted by atomic mass is 9.96. The minimum Gasteiger partial charge on any atom is -0.351 e. The molecule has 9 heteroatoms. The Balaban J connectivity index is 1.71. The second kappa shape index (κ2) is 4.60. The zero-order valence-electron chi connectivity index (χ0n) is 11.2. The second-order valence-electron chi connectivity index (χ2n) is 5.64. The van der Waals surface area contributed by atoms with Crippen molar-refractivity contribution in [2.24, 2.45) is 5.73 Å². The number of piperidine rings is 1. The first kappa shape index (κ1) is 14.2. The maximum atomic E-state index is 13.0. The Morgan fingerprint density at radius 3 is 2.43 bits per heavy atom. The molecule has 1 aliphatic heterocycles. The average molecular weight is 304 g/mol. The molecule has 2 amide bonds. The number of nitrogens with zero attached hydrogens (tertiary/aromatic N) is 3. The second-order valence-corrected chi connectivity index (χ2v) is 5.64. The van der Waals surface area contributed by atoms with E-state index < -0.39 is 17.6 Å². The molecule has 1 aliphatic carbocycles. The van der Waals surface area contributed by atoms with Crippen LogP contribution in [-0.4, -0.2) is 40.3 Å². The number of likely N-dealkylation sites (tertiary alicyclic amines) is 1. The number of nitrogens with two attached hydrogens (primary N) is 1. The highest BCUT2D eigenvalue weighted by Gasteiger charge is 2.68. The van der Waals surface area contributed by atoms with Crippen LogP contribution in [0.25, 0.3) is 0 Å².